The molecule has 0 spiro atoms. The Morgan fingerprint density at radius 1 is 1.04 bits per heavy atom. The molecule has 0 saturated heterocycles. The molecule has 0 bridgehead atoms. The highest BCUT2D eigenvalue weighted by Gasteiger charge is 2.15. The van der Waals surface area contributed by atoms with Crippen LogP contribution in [0, 0.1) is 0 Å². The summed E-state index contributed by atoms with van der Waals surface area (Å²) in [5.74, 6) is 0.750. The SMILES string of the molecule is COc1cccc(OC)c1C(=O)/C=C/c1cc(=O)c(OC)c[nH]1. The molecule has 0 fully saturated rings. The number of aromatic amines is 1. The molecule has 0 radical (unpaired) electrons. The van der Waals surface area contributed by atoms with Gasteiger partial charge in [-0.1, -0.05) is 6.07 Å². The van der Waals surface area contributed by atoms with Gasteiger partial charge in [0, 0.05) is 18.0 Å². The third-order valence-corrected chi connectivity index (χ3v) is 3.21. The Balaban J connectivity index is 2.32. The molecule has 1 heterocycles. The molecule has 0 saturated carbocycles. The number of hydrogen-bond acceptors (Lipinski definition) is 5. The van der Waals surface area contributed by atoms with Crippen molar-refractivity contribution in [3.8, 4) is 17.2 Å². The molecule has 0 atom stereocenters. The molecule has 1 aromatic carbocycles. The average Bonchev–Trinajstić information content (AvgIpc) is 2.58. The zero-order valence-corrected chi connectivity index (χ0v) is 13.1. The minimum Gasteiger partial charge on any atom is -0.496 e. The lowest BCUT2D eigenvalue weighted by Crippen LogP contribution is -2.06. The summed E-state index contributed by atoms with van der Waals surface area (Å²) >= 11 is 0. The summed E-state index contributed by atoms with van der Waals surface area (Å²) in [6.07, 6.45) is 4.29. The van der Waals surface area contributed by atoms with E-state index in [2.05, 4.69) is 4.98 Å². The lowest BCUT2D eigenvalue weighted by molar-refractivity contribution is 0.104. The fraction of sp³-hybridized carbons (Fsp3) is 0.176. The number of carbonyl (C=O) groups excluding carboxylic acids is 1. The minimum absolute atomic E-state index is 0.208. The van der Waals surface area contributed by atoms with Crippen molar-refractivity contribution >= 4 is 11.9 Å². The maximum atomic E-state index is 12.4. The van der Waals surface area contributed by atoms with E-state index in [1.54, 1.807) is 18.2 Å². The van der Waals surface area contributed by atoms with E-state index >= 15 is 0 Å². The number of rotatable bonds is 6. The number of methoxy groups -OCH3 is 3. The molecule has 2 rings (SSSR count). The van der Waals surface area contributed by atoms with Crippen molar-refractivity contribution in [2.75, 3.05) is 21.3 Å². The Morgan fingerprint density at radius 3 is 2.17 bits per heavy atom. The van der Waals surface area contributed by atoms with Crippen LogP contribution in [0.1, 0.15) is 16.1 Å². The van der Waals surface area contributed by atoms with E-state index in [0.717, 1.165) is 0 Å². The number of hydrogen-bond donors (Lipinski definition) is 1. The molecular formula is C17H17NO5. The van der Waals surface area contributed by atoms with Gasteiger partial charge in [-0.2, -0.15) is 0 Å². The highest BCUT2D eigenvalue weighted by Crippen LogP contribution is 2.29. The van der Waals surface area contributed by atoms with Crippen molar-refractivity contribution in [1.82, 2.24) is 4.98 Å². The molecule has 1 N–H and O–H groups in total. The number of benzene rings is 1. The lowest BCUT2D eigenvalue weighted by Gasteiger charge is -2.10. The third-order valence-electron chi connectivity index (χ3n) is 3.21. The Hall–Kier alpha value is -3.02. The largest absolute Gasteiger partial charge is 0.496 e. The van der Waals surface area contributed by atoms with Gasteiger partial charge in [-0.15, -0.1) is 0 Å². The summed E-state index contributed by atoms with van der Waals surface area (Å²) in [6, 6.07) is 6.44. The first-order chi connectivity index (χ1) is 11.1. The predicted molar refractivity (Wildman–Crippen MR) is 86.5 cm³/mol. The summed E-state index contributed by atoms with van der Waals surface area (Å²) < 4.78 is 15.3. The number of pyridine rings is 1. The first kappa shape index (κ1) is 16.4. The topological polar surface area (TPSA) is 77.6 Å². The van der Waals surface area contributed by atoms with Gasteiger partial charge in [0.15, 0.2) is 11.5 Å². The van der Waals surface area contributed by atoms with Crippen LogP contribution in [0.15, 0.2) is 41.3 Å². The number of allylic oxidation sites excluding steroid dienone is 1. The van der Waals surface area contributed by atoms with Crippen LogP contribution in [0.3, 0.4) is 0 Å². The molecular weight excluding hydrogens is 298 g/mol. The van der Waals surface area contributed by atoms with Gasteiger partial charge in [0.2, 0.25) is 5.43 Å². The molecule has 0 aliphatic carbocycles. The van der Waals surface area contributed by atoms with Crippen LogP contribution < -0.4 is 19.6 Å². The Bertz CT molecular complexity index is 770. The second-order valence-corrected chi connectivity index (χ2v) is 4.56. The van der Waals surface area contributed by atoms with Crippen LogP contribution in [0.25, 0.3) is 6.08 Å². The molecule has 120 valence electrons. The molecule has 1 aromatic heterocycles. The number of carbonyl (C=O) groups is 1. The van der Waals surface area contributed by atoms with Gasteiger partial charge in [0.05, 0.1) is 21.3 Å². The monoisotopic (exact) mass is 315 g/mol. The van der Waals surface area contributed by atoms with Crippen LogP contribution in [0.4, 0.5) is 0 Å². The number of nitrogens with one attached hydrogen (secondary N) is 1. The van der Waals surface area contributed by atoms with Crippen LogP contribution in [-0.4, -0.2) is 32.1 Å². The maximum absolute atomic E-state index is 12.4. The molecule has 0 aliphatic heterocycles. The van der Waals surface area contributed by atoms with E-state index in [4.69, 9.17) is 14.2 Å². The van der Waals surface area contributed by atoms with Gasteiger partial charge in [-0.3, -0.25) is 9.59 Å². The quantitative estimate of drug-likeness (QED) is 0.654. The summed E-state index contributed by atoms with van der Waals surface area (Å²) in [5.41, 5.74) is 0.538. The summed E-state index contributed by atoms with van der Waals surface area (Å²) in [6.45, 7) is 0. The van der Waals surface area contributed by atoms with Crippen molar-refractivity contribution in [2.45, 2.75) is 0 Å². The van der Waals surface area contributed by atoms with Gasteiger partial charge in [-0.05, 0) is 24.3 Å². The Kier molecular flexibility index (Phi) is 5.19. The minimum atomic E-state index is -0.295. The first-order valence-corrected chi connectivity index (χ1v) is 6.80. The van der Waals surface area contributed by atoms with E-state index in [-0.39, 0.29) is 17.0 Å². The average molecular weight is 315 g/mol. The number of ketones is 1. The van der Waals surface area contributed by atoms with Gasteiger partial charge < -0.3 is 19.2 Å². The number of ether oxygens (including phenoxy) is 3. The van der Waals surface area contributed by atoms with E-state index in [9.17, 15) is 9.59 Å². The van der Waals surface area contributed by atoms with Crippen molar-refractivity contribution in [1.29, 1.82) is 0 Å². The molecule has 0 amide bonds. The number of H-pyrrole nitrogens is 1. The molecule has 0 aliphatic rings. The fourth-order valence-corrected chi connectivity index (χ4v) is 2.07. The highest BCUT2D eigenvalue weighted by atomic mass is 16.5. The van der Waals surface area contributed by atoms with Gasteiger partial charge in [0.1, 0.15) is 17.1 Å². The van der Waals surface area contributed by atoms with Crippen molar-refractivity contribution in [3.63, 3.8) is 0 Å². The van der Waals surface area contributed by atoms with Crippen molar-refractivity contribution in [3.05, 3.63) is 58.0 Å². The Labute approximate surface area is 133 Å². The molecule has 6 nitrogen and oxygen atoms in total. The summed E-state index contributed by atoms with van der Waals surface area (Å²) in [4.78, 5) is 27.0. The first-order valence-electron chi connectivity index (χ1n) is 6.80. The fourth-order valence-electron chi connectivity index (χ4n) is 2.07. The normalized spacial score (nSPS) is 10.6. The van der Waals surface area contributed by atoms with Crippen molar-refractivity contribution < 1.29 is 19.0 Å². The van der Waals surface area contributed by atoms with Crippen LogP contribution in [0.5, 0.6) is 17.2 Å². The molecule has 6 heteroatoms. The van der Waals surface area contributed by atoms with Crippen molar-refractivity contribution in [2.24, 2.45) is 0 Å². The van der Waals surface area contributed by atoms with Crippen LogP contribution >= 0.6 is 0 Å². The second-order valence-electron chi connectivity index (χ2n) is 4.56. The van der Waals surface area contributed by atoms with Gasteiger partial charge in [-0.25, -0.2) is 0 Å². The zero-order valence-electron chi connectivity index (χ0n) is 13.1. The lowest BCUT2D eigenvalue weighted by atomic mass is 10.1. The standard InChI is InChI=1S/C17H17NO5/c1-21-14-5-4-6-15(22-2)17(14)12(19)8-7-11-9-13(20)16(23-3)10-18-11/h4-10H,1-3H3,(H,18,20)/b8-7+. The smallest absolute Gasteiger partial charge is 0.223 e. The van der Waals surface area contributed by atoms with E-state index in [0.29, 0.717) is 22.8 Å². The predicted octanol–water partition coefficient (Wildman–Crippen LogP) is 2.30. The highest BCUT2D eigenvalue weighted by molar-refractivity contribution is 6.10. The zero-order chi connectivity index (χ0) is 16.8. The molecule has 23 heavy (non-hydrogen) atoms. The summed E-state index contributed by atoms with van der Waals surface area (Å²) in [5, 5.41) is 0. The Morgan fingerprint density at radius 2 is 1.65 bits per heavy atom. The van der Waals surface area contributed by atoms with E-state index < -0.39 is 0 Å². The maximum Gasteiger partial charge on any atom is 0.223 e. The summed E-state index contributed by atoms with van der Waals surface area (Å²) in [7, 11) is 4.38. The second kappa shape index (κ2) is 7.31. The van der Waals surface area contributed by atoms with E-state index in [1.807, 2.05) is 0 Å². The number of aromatic nitrogens is 1. The van der Waals surface area contributed by atoms with E-state index in [1.165, 1.54) is 45.7 Å². The van der Waals surface area contributed by atoms with Crippen LogP contribution in [0.2, 0.25) is 0 Å². The van der Waals surface area contributed by atoms with Gasteiger partial charge in [0.25, 0.3) is 0 Å². The molecule has 2 aromatic rings. The third kappa shape index (κ3) is 3.60. The molecule has 0 unspecified atom stereocenters. The van der Waals surface area contributed by atoms with Crippen LogP contribution in [-0.2, 0) is 0 Å². The van der Waals surface area contributed by atoms with Gasteiger partial charge >= 0.3 is 0 Å².